The van der Waals surface area contributed by atoms with Crippen LogP contribution in [0.5, 0.6) is 5.75 Å². The summed E-state index contributed by atoms with van der Waals surface area (Å²) >= 11 is 10.1. The number of benzene rings is 1. The van der Waals surface area contributed by atoms with Crippen molar-refractivity contribution in [3.05, 3.63) is 25.6 Å². The maximum absolute atomic E-state index is 11.0. The number of carboxylic acids is 1. The highest BCUT2D eigenvalue weighted by Gasteiger charge is 2.28. The van der Waals surface area contributed by atoms with E-state index in [0.717, 1.165) is 13.4 Å². The predicted molar refractivity (Wildman–Crippen MR) is 76.5 cm³/mol. The number of hydrogen-bond acceptors (Lipinski definition) is 2. The van der Waals surface area contributed by atoms with E-state index in [1.165, 1.54) is 0 Å². The monoisotopic (exact) mass is 428 g/mol. The van der Waals surface area contributed by atoms with Gasteiger partial charge in [0.25, 0.3) is 0 Å². The van der Waals surface area contributed by atoms with E-state index in [-0.39, 0.29) is 6.61 Å². The Kier molecular flexibility index (Phi) is 5.04. The number of halogens is 3. The smallest absolute Gasteiger partial charge is 0.312 e. The van der Waals surface area contributed by atoms with E-state index in [2.05, 4.69) is 47.8 Å². The van der Waals surface area contributed by atoms with E-state index < -0.39 is 11.4 Å². The van der Waals surface area contributed by atoms with Crippen molar-refractivity contribution < 1.29 is 14.6 Å². The molecule has 0 aliphatic rings. The minimum Gasteiger partial charge on any atom is -0.490 e. The van der Waals surface area contributed by atoms with Crippen molar-refractivity contribution in [1.29, 1.82) is 0 Å². The summed E-state index contributed by atoms with van der Waals surface area (Å²) in [4.78, 5) is 11.0. The molecule has 0 aliphatic carbocycles. The zero-order valence-electron chi connectivity index (χ0n) is 9.26. The SMILES string of the molecule is CC(C)(COc1c(Br)cc(Br)cc1Br)C(=O)O. The topological polar surface area (TPSA) is 46.5 Å². The van der Waals surface area contributed by atoms with Gasteiger partial charge in [-0.15, -0.1) is 0 Å². The van der Waals surface area contributed by atoms with E-state index in [4.69, 9.17) is 9.84 Å². The van der Waals surface area contributed by atoms with Crippen molar-refractivity contribution in [1.82, 2.24) is 0 Å². The Labute approximate surface area is 125 Å². The number of rotatable bonds is 4. The molecule has 0 saturated carbocycles. The van der Waals surface area contributed by atoms with E-state index in [1.54, 1.807) is 13.8 Å². The molecule has 0 spiro atoms. The van der Waals surface area contributed by atoms with Crippen LogP contribution in [0.15, 0.2) is 25.6 Å². The molecule has 1 aromatic rings. The summed E-state index contributed by atoms with van der Waals surface area (Å²) in [5, 5.41) is 8.99. The molecule has 1 N–H and O–H groups in total. The fourth-order valence-electron chi connectivity index (χ4n) is 0.981. The molecule has 0 heterocycles. The van der Waals surface area contributed by atoms with Crippen molar-refractivity contribution in [3.8, 4) is 5.75 Å². The molecule has 1 aromatic carbocycles. The molecule has 0 saturated heterocycles. The van der Waals surface area contributed by atoms with Crippen LogP contribution in [0, 0.1) is 5.41 Å². The van der Waals surface area contributed by atoms with E-state index in [9.17, 15) is 4.79 Å². The van der Waals surface area contributed by atoms with Gasteiger partial charge in [0.15, 0.2) is 0 Å². The molecule has 94 valence electrons. The maximum atomic E-state index is 11.0. The van der Waals surface area contributed by atoms with Crippen LogP contribution in [0.3, 0.4) is 0 Å². The molecule has 0 bridgehead atoms. The van der Waals surface area contributed by atoms with Gasteiger partial charge in [-0.1, -0.05) is 15.9 Å². The highest BCUT2D eigenvalue weighted by molar-refractivity contribution is 9.11. The standard InChI is InChI=1S/C11H11Br3O3/c1-11(2,10(15)16)5-17-9-7(13)3-6(12)4-8(9)14/h3-4H,5H2,1-2H3,(H,15,16). The van der Waals surface area contributed by atoms with Crippen LogP contribution in [0.25, 0.3) is 0 Å². The third-order valence-corrected chi connectivity index (χ3v) is 3.76. The Morgan fingerprint density at radius 3 is 2.18 bits per heavy atom. The van der Waals surface area contributed by atoms with Crippen LogP contribution in [0.4, 0.5) is 0 Å². The van der Waals surface area contributed by atoms with Gasteiger partial charge in [-0.05, 0) is 57.8 Å². The molecule has 0 aliphatic heterocycles. The van der Waals surface area contributed by atoms with Gasteiger partial charge in [0.05, 0.1) is 14.4 Å². The first kappa shape index (κ1) is 15.0. The van der Waals surface area contributed by atoms with Gasteiger partial charge in [0.1, 0.15) is 12.4 Å². The minimum absolute atomic E-state index is 0.0984. The molecule has 17 heavy (non-hydrogen) atoms. The Balaban J connectivity index is 2.87. The summed E-state index contributed by atoms with van der Waals surface area (Å²) in [5.74, 6) is -0.288. The molecular weight excluding hydrogens is 420 g/mol. The Bertz CT molecular complexity index is 421. The highest BCUT2D eigenvalue weighted by Crippen LogP contribution is 2.37. The van der Waals surface area contributed by atoms with E-state index >= 15 is 0 Å². The first-order valence-electron chi connectivity index (χ1n) is 4.75. The zero-order chi connectivity index (χ0) is 13.2. The normalized spacial score (nSPS) is 11.4. The lowest BCUT2D eigenvalue weighted by Crippen LogP contribution is -2.30. The number of carboxylic acid groups (broad SMARTS) is 1. The van der Waals surface area contributed by atoms with Crippen LogP contribution in [-0.2, 0) is 4.79 Å². The molecule has 0 atom stereocenters. The molecule has 3 nitrogen and oxygen atoms in total. The van der Waals surface area contributed by atoms with Crippen LogP contribution in [-0.4, -0.2) is 17.7 Å². The Hall–Kier alpha value is -0.0700. The van der Waals surface area contributed by atoms with Crippen LogP contribution < -0.4 is 4.74 Å². The number of aliphatic carboxylic acids is 1. The largest absolute Gasteiger partial charge is 0.490 e. The lowest BCUT2D eigenvalue weighted by atomic mass is 9.95. The summed E-state index contributed by atoms with van der Waals surface area (Å²) in [7, 11) is 0. The molecule has 0 amide bonds. The second kappa shape index (κ2) is 5.71. The van der Waals surface area contributed by atoms with Crippen LogP contribution >= 0.6 is 47.8 Å². The van der Waals surface area contributed by atoms with Gasteiger partial charge in [0.2, 0.25) is 0 Å². The quantitative estimate of drug-likeness (QED) is 0.767. The molecule has 0 aromatic heterocycles. The van der Waals surface area contributed by atoms with Gasteiger partial charge in [0, 0.05) is 4.47 Å². The minimum atomic E-state index is -0.925. The number of hydrogen-bond donors (Lipinski definition) is 1. The number of carbonyl (C=O) groups is 1. The summed E-state index contributed by atoms with van der Waals surface area (Å²) < 4.78 is 7.98. The van der Waals surface area contributed by atoms with Gasteiger partial charge < -0.3 is 9.84 Å². The second-order valence-electron chi connectivity index (χ2n) is 4.18. The lowest BCUT2D eigenvalue weighted by molar-refractivity contribution is -0.148. The first-order valence-corrected chi connectivity index (χ1v) is 7.12. The molecular formula is C11H11Br3O3. The third-order valence-electron chi connectivity index (χ3n) is 2.12. The van der Waals surface area contributed by atoms with E-state index in [0.29, 0.717) is 5.75 Å². The summed E-state index contributed by atoms with van der Waals surface area (Å²) in [6.45, 7) is 3.34. The molecule has 6 heteroatoms. The van der Waals surface area contributed by atoms with Crippen molar-refractivity contribution in [2.45, 2.75) is 13.8 Å². The third kappa shape index (κ3) is 3.96. The highest BCUT2D eigenvalue weighted by atomic mass is 79.9. The van der Waals surface area contributed by atoms with Gasteiger partial charge >= 0.3 is 5.97 Å². The molecule has 0 unspecified atom stereocenters. The first-order chi connectivity index (χ1) is 7.74. The van der Waals surface area contributed by atoms with Gasteiger partial charge in [-0.2, -0.15) is 0 Å². The summed E-state index contributed by atoms with van der Waals surface area (Å²) in [6, 6.07) is 3.68. The second-order valence-corrected chi connectivity index (χ2v) is 6.80. The maximum Gasteiger partial charge on any atom is 0.312 e. The van der Waals surface area contributed by atoms with Crippen molar-refractivity contribution in [2.24, 2.45) is 5.41 Å². The fourth-order valence-corrected chi connectivity index (χ4v) is 3.47. The Morgan fingerprint density at radius 1 is 1.29 bits per heavy atom. The summed E-state index contributed by atoms with van der Waals surface area (Å²) in [5.41, 5.74) is -0.925. The van der Waals surface area contributed by atoms with E-state index in [1.807, 2.05) is 12.1 Å². The van der Waals surface area contributed by atoms with Crippen molar-refractivity contribution in [2.75, 3.05) is 6.61 Å². The molecule has 1 rings (SSSR count). The fraction of sp³-hybridized carbons (Fsp3) is 0.364. The molecule has 0 fully saturated rings. The van der Waals surface area contributed by atoms with Gasteiger partial charge in [-0.3, -0.25) is 4.79 Å². The molecule has 0 radical (unpaired) electrons. The lowest BCUT2D eigenvalue weighted by Gasteiger charge is -2.20. The average molecular weight is 431 g/mol. The van der Waals surface area contributed by atoms with Crippen LogP contribution in [0.2, 0.25) is 0 Å². The van der Waals surface area contributed by atoms with Crippen molar-refractivity contribution >= 4 is 53.8 Å². The zero-order valence-corrected chi connectivity index (χ0v) is 14.0. The number of ether oxygens (including phenoxy) is 1. The van der Waals surface area contributed by atoms with Gasteiger partial charge in [-0.25, -0.2) is 0 Å². The average Bonchev–Trinajstić information content (AvgIpc) is 2.15. The Morgan fingerprint density at radius 2 is 1.76 bits per heavy atom. The van der Waals surface area contributed by atoms with Crippen LogP contribution in [0.1, 0.15) is 13.8 Å². The van der Waals surface area contributed by atoms with Crippen molar-refractivity contribution in [3.63, 3.8) is 0 Å². The summed E-state index contributed by atoms with van der Waals surface area (Å²) in [6.07, 6.45) is 0. The predicted octanol–water partition coefficient (Wildman–Crippen LogP) is 4.46.